The molecule has 2 fully saturated rings. The van der Waals surface area contributed by atoms with Crippen LogP contribution in [0.2, 0.25) is 0 Å². The van der Waals surface area contributed by atoms with Crippen molar-refractivity contribution in [3.8, 4) is 0 Å². The molecule has 86 valence electrons. The molecule has 1 unspecified atom stereocenters. The van der Waals surface area contributed by atoms with Crippen molar-refractivity contribution in [1.29, 1.82) is 0 Å². The van der Waals surface area contributed by atoms with E-state index in [2.05, 4.69) is 20.2 Å². The van der Waals surface area contributed by atoms with E-state index in [1.54, 1.807) is 0 Å². The zero-order valence-electron chi connectivity index (χ0n) is 9.06. The molecule has 4 nitrogen and oxygen atoms in total. The Labute approximate surface area is 93.9 Å². The van der Waals surface area contributed by atoms with E-state index in [9.17, 15) is 4.39 Å². The minimum atomic E-state index is -0.477. The first-order valence-electron chi connectivity index (χ1n) is 5.79. The standard InChI is InChI=1S/C11H15FN4/c12-10-5-11(14-7-13-10)15-8-3-4-16(6-8)9-1-2-9/h5,7-9H,1-4,6H2,(H,13,14,15). The van der Waals surface area contributed by atoms with Crippen LogP contribution in [0.25, 0.3) is 0 Å². The molecule has 3 rings (SSSR count). The van der Waals surface area contributed by atoms with Crippen molar-refractivity contribution in [2.75, 3.05) is 18.4 Å². The molecule has 1 aromatic heterocycles. The van der Waals surface area contributed by atoms with Crippen LogP contribution in [0.15, 0.2) is 12.4 Å². The second-order valence-electron chi connectivity index (χ2n) is 4.58. The Morgan fingerprint density at radius 3 is 2.94 bits per heavy atom. The largest absolute Gasteiger partial charge is 0.366 e. The van der Waals surface area contributed by atoms with Gasteiger partial charge in [-0.15, -0.1) is 0 Å². The van der Waals surface area contributed by atoms with Gasteiger partial charge in [0.15, 0.2) is 0 Å². The summed E-state index contributed by atoms with van der Waals surface area (Å²) in [5.41, 5.74) is 0. The highest BCUT2D eigenvalue weighted by Crippen LogP contribution is 2.30. The van der Waals surface area contributed by atoms with Crippen molar-refractivity contribution in [3.05, 3.63) is 18.3 Å². The molecular formula is C11H15FN4. The predicted molar refractivity (Wildman–Crippen MR) is 58.6 cm³/mol. The van der Waals surface area contributed by atoms with E-state index in [1.807, 2.05) is 0 Å². The van der Waals surface area contributed by atoms with Crippen LogP contribution < -0.4 is 5.32 Å². The first-order valence-corrected chi connectivity index (χ1v) is 5.79. The van der Waals surface area contributed by atoms with Gasteiger partial charge in [0.25, 0.3) is 0 Å². The molecule has 0 radical (unpaired) electrons. The Kier molecular flexibility index (Phi) is 2.47. The Hall–Kier alpha value is -1.23. The summed E-state index contributed by atoms with van der Waals surface area (Å²) in [5.74, 6) is 0.115. The number of halogens is 1. The molecule has 1 saturated carbocycles. The minimum absolute atomic E-state index is 0.398. The van der Waals surface area contributed by atoms with Gasteiger partial charge in [-0.1, -0.05) is 0 Å². The monoisotopic (exact) mass is 222 g/mol. The molecule has 1 aliphatic carbocycles. The van der Waals surface area contributed by atoms with Crippen molar-refractivity contribution in [3.63, 3.8) is 0 Å². The number of rotatable bonds is 3. The van der Waals surface area contributed by atoms with Gasteiger partial charge in [0, 0.05) is 31.2 Å². The quantitative estimate of drug-likeness (QED) is 0.782. The summed E-state index contributed by atoms with van der Waals surface area (Å²) in [7, 11) is 0. The summed E-state index contributed by atoms with van der Waals surface area (Å²) in [6, 6.07) is 2.56. The first kappa shape index (κ1) is 9.96. The lowest BCUT2D eigenvalue weighted by Gasteiger charge is -2.15. The maximum absolute atomic E-state index is 12.9. The van der Waals surface area contributed by atoms with Gasteiger partial charge < -0.3 is 5.32 Å². The van der Waals surface area contributed by atoms with Crippen molar-refractivity contribution < 1.29 is 4.39 Å². The van der Waals surface area contributed by atoms with Gasteiger partial charge in [-0.05, 0) is 19.3 Å². The highest BCUT2D eigenvalue weighted by atomic mass is 19.1. The molecule has 2 heterocycles. The average molecular weight is 222 g/mol. The summed E-state index contributed by atoms with van der Waals surface area (Å²) in [6.45, 7) is 2.20. The number of nitrogens with zero attached hydrogens (tertiary/aromatic N) is 3. The molecule has 2 aliphatic rings. The molecule has 5 heteroatoms. The van der Waals surface area contributed by atoms with Gasteiger partial charge in [0.1, 0.15) is 12.1 Å². The van der Waals surface area contributed by atoms with E-state index in [-0.39, 0.29) is 0 Å². The molecule has 1 aliphatic heterocycles. The minimum Gasteiger partial charge on any atom is -0.366 e. The van der Waals surface area contributed by atoms with Gasteiger partial charge in [-0.25, -0.2) is 9.97 Å². The van der Waals surface area contributed by atoms with Crippen LogP contribution in [-0.4, -0.2) is 40.0 Å². The third kappa shape index (κ3) is 2.14. The van der Waals surface area contributed by atoms with Crippen molar-refractivity contribution in [1.82, 2.24) is 14.9 Å². The first-order chi connectivity index (χ1) is 7.81. The highest BCUT2D eigenvalue weighted by Gasteiger charge is 2.34. The van der Waals surface area contributed by atoms with Crippen molar-refractivity contribution >= 4 is 5.82 Å². The molecule has 1 saturated heterocycles. The van der Waals surface area contributed by atoms with Gasteiger partial charge in [-0.3, -0.25) is 4.90 Å². The number of nitrogens with one attached hydrogen (secondary N) is 1. The predicted octanol–water partition coefficient (Wildman–Crippen LogP) is 1.26. The van der Waals surface area contributed by atoms with Crippen LogP contribution in [0.4, 0.5) is 10.2 Å². The van der Waals surface area contributed by atoms with Gasteiger partial charge in [0.05, 0.1) is 0 Å². The normalized spacial score (nSPS) is 25.9. The molecule has 0 aromatic carbocycles. The van der Waals surface area contributed by atoms with Crippen LogP contribution in [0, 0.1) is 5.95 Å². The summed E-state index contributed by atoms with van der Waals surface area (Å²) in [5, 5.41) is 3.26. The molecule has 1 aromatic rings. The molecule has 1 N–H and O–H groups in total. The Morgan fingerprint density at radius 2 is 2.19 bits per heavy atom. The fourth-order valence-electron chi connectivity index (χ4n) is 2.30. The third-order valence-electron chi connectivity index (χ3n) is 3.27. The fraction of sp³-hybridized carbons (Fsp3) is 0.636. The van der Waals surface area contributed by atoms with Crippen LogP contribution >= 0.6 is 0 Å². The second-order valence-corrected chi connectivity index (χ2v) is 4.58. The number of aromatic nitrogens is 2. The molecular weight excluding hydrogens is 207 g/mol. The smallest absolute Gasteiger partial charge is 0.217 e. The van der Waals surface area contributed by atoms with Crippen molar-refractivity contribution in [2.24, 2.45) is 0 Å². The summed E-state index contributed by atoms with van der Waals surface area (Å²) in [4.78, 5) is 9.96. The number of anilines is 1. The van der Waals surface area contributed by atoms with E-state index in [0.29, 0.717) is 11.9 Å². The van der Waals surface area contributed by atoms with E-state index < -0.39 is 5.95 Å². The Morgan fingerprint density at radius 1 is 1.31 bits per heavy atom. The second kappa shape index (κ2) is 3.97. The molecule has 0 amide bonds. The SMILES string of the molecule is Fc1cc(NC2CCN(C3CC3)C2)ncn1. The third-order valence-corrected chi connectivity index (χ3v) is 3.27. The zero-order valence-corrected chi connectivity index (χ0v) is 9.06. The van der Waals surface area contributed by atoms with Crippen molar-refractivity contribution in [2.45, 2.75) is 31.3 Å². The molecule has 16 heavy (non-hydrogen) atoms. The highest BCUT2D eigenvalue weighted by molar-refractivity contribution is 5.34. The Balaban J connectivity index is 1.59. The Bertz CT molecular complexity index is 380. The summed E-state index contributed by atoms with van der Waals surface area (Å²) in [6.07, 6.45) is 5.05. The molecule has 0 spiro atoms. The average Bonchev–Trinajstić information content (AvgIpc) is 3.01. The number of likely N-dealkylation sites (tertiary alicyclic amines) is 1. The van der Waals surface area contributed by atoms with Gasteiger partial charge in [0.2, 0.25) is 5.95 Å². The fourth-order valence-corrected chi connectivity index (χ4v) is 2.30. The van der Waals surface area contributed by atoms with E-state index in [1.165, 1.54) is 25.2 Å². The van der Waals surface area contributed by atoms with E-state index in [0.717, 1.165) is 25.6 Å². The van der Waals surface area contributed by atoms with Gasteiger partial charge >= 0.3 is 0 Å². The van der Waals surface area contributed by atoms with Crippen LogP contribution in [-0.2, 0) is 0 Å². The van der Waals surface area contributed by atoms with Gasteiger partial charge in [-0.2, -0.15) is 4.39 Å². The molecule has 1 atom stereocenters. The maximum atomic E-state index is 12.9. The van der Waals surface area contributed by atoms with Crippen LogP contribution in [0.5, 0.6) is 0 Å². The number of hydrogen-bond acceptors (Lipinski definition) is 4. The lowest BCUT2D eigenvalue weighted by molar-refractivity contribution is 0.326. The molecule has 0 bridgehead atoms. The maximum Gasteiger partial charge on any atom is 0.217 e. The topological polar surface area (TPSA) is 41.0 Å². The summed E-state index contributed by atoms with van der Waals surface area (Å²) < 4.78 is 12.9. The lowest BCUT2D eigenvalue weighted by Crippen LogP contribution is -2.28. The zero-order chi connectivity index (χ0) is 11.0. The van der Waals surface area contributed by atoms with Crippen LogP contribution in [0.3, 0.4) is 0 Å². The van der Waals surface area contributed by atoms with E-state index in [4.69, 9.17) is 0 Å². The lowest BCUT2D eigenvalue weighted by atomic mass is 10.2. The summed E-state index contributed by atoms with van der Waals surface area (Å²) >= 11 is 0. The van der Waals surface area contributed by atoms with Crippen LogP contribution in [0.1, 0.15) is 19.3 Å². The number of hydrogen-bond donors (Lipinski definition) is 1. The van der Waals surface area contributed by atoms with E-state index >= 15 is 0 Å².